The second-order valence-corrected chi connectivity index (χ2v) is 16.5. The van der Waals surface area contributed by atoms with Gasteiger partial charge in [-0.05, 0) is 168 Å². The molecule has 3 nitrogen and oxygen atoms in total. The maximum absolute atomic E-state index is 5.75. The number of hydrogen-bond donors (Lipinski definition) is 2. The van der Waals surface area contributed by atoms with Crippen molar-refractivity contribution in [2.75, 3.05) is 32.7 Å². The van der Waals surface area contributed by atoms with Gasteiger partial charge in [-0.1, -0.05) is 53.4 Å². The summed E-state index contributed by atoms with van der Waals surface area (Å²) in [5.74, 6) is 7.09. The van der Waals surface area contributed by atoms with Crippen molar-refractivity contribution in [3.8, 4) is 0 Å². The van der Waals surface area contributed by atoms with Crippen LogP contribution in [0.5, 0.6) is 0 Å². The number of unbranched alkanes of at least 4 members (excludes halogenated alkanes) is 2. The molecule has 1 saturated heterocycles. The van der Waals surface area contributed by atoms with Gasteiger partial charge in [-0.3, -0.25) is 0 Å². The van der Waals surface area contributed by atoms with Gasteiger partial charge in [-0.15, -0.1) is 0 Å². The Kier molecular flexibility index (Phi) is 10.5. The third-order valence-electron chi connectivity index (χ3n) is 13.8. The molecule has 5 fully saturated rings. The molecule has 0 aromatic carbocycles. The van der Waals surface area contributed by atoms with Crippen LogP contribution in [0.2, 0.25) is 0 Å². The molecule has 0 radical (unpaired) electrons. The van der Waals surface area contributed by atoms with Crippen LogP contribution in [-0.4, -0.2) is 43.7 Å². The lowest BCUT2D eigenvalue weighted by Gasteiger charge is -2.38. The highest BCUT2D eigenvalue weighted by Gasteiger charge is 2.52. The predicted molar refractivity (Wildman–Crippen MR) is 168 cm³/mol. The Morgan fingerprint density at radius 2 is 1.26 bits per heavy atom. The monoisotopic (exact) mass is 542 g/mol. The summed E-state index contributed by atoms with van der Waals surface area (Å²) in [4.78, 5) is 2.65. The first-order valence-electron chi connectivity index (χ1n) is 17.9. The van der Waals surface area contributed by atoms with E-state index in [4.69, 9.17) is 5.73 Å². The zero-order valence-electron chi connectivity index (χ0n) is 26.7. The number of nitrogens with zero attached hydrogens (tertiary/aromatic N) is 1. The molecular formula is C36H67N3. The summed E-state index contributed by atoms with van der Waals surface area (Å²) in [5, 5.41) is 4.15. The zero-order valence-corrected chi connectivity index (χ0v) is 26.7. The van der Waals surface area contributed by atoms with Crippen LogP contribution in [-0.2, 0) is 0 Å². The van der Waals surface area contributed by atoms with Gasteiger partial charge in [-0.2, -0.15) is 0 Å². The molecule has 1 heterocycles. The summed E-state index contributed by atoms with van der Waals surface area (Å²) in [6.45, 7) is 16.3. The van der Waals surface area contributed by atoms with Crippen LogP contribution in [0.25, 0.3) is 0 Å². The summed E-state index contributed by atoms with van der Waals surface area (Å²) >= 11 is 0. The molecule has 6 unspecified atom stereocenters. The minimum atomic E-state index is 0.618. The summed E-state index contributed by atoms with van der Waals surface area (Å²) in [6, 6.07) is 0.751. The van der Waals surface area contributed by atoms with Crippen molar-refractivity contribution in [2.24, 2.45) is 58.0 Å². The summed E-state index contributed by atoms with van der Waals surface area (Å²) in [5.41, 5.74) is 6.98. The molecule has 0 spiro atoms. The van der Waals surface area contributed by atoms with Crippen molar-refractivity contribution in [3.63, 3.8) is 0 Å². The molecule has 5 rings (SSSR count). The largest absolute Gasteiger partial charge is 0.330 e. The van der Waals surface area contributed by atoms with Crippen molar-refractivity contribution in [1.29, 1.82) is 0 Å². The molecule has 5 aliphatic rings. The fourth-order valence-corrected chi connectivity index (χ4v) is 11.1. The van der Waals surface area contributed by atoms with Crippen molar-refractivity contribution < 1.29 is 0 Å². The van der Waals surface area contributed by atoms with Crippen molar-refractivity contribution in [2.45, 2.75) is 143 Å². The van der Waals surface area contributed by atoms with E-state index in [1.54, 1.807) is 12.8 Å². The normalized spacial score (nSPS) is 36.2. The molecule has 4 aliphatic carbocycles. The van der Waals surface area contributed by atoms with Crippen LogP contribution in [0.1, 0.15) is 137 Å². The topological polar surface area (TPSA) is 41.3 Å². The SMILES string of the molecule is CC1(C)C2CCC(C2)C1CCCCC(CCCCC1C2CCC(C2)C1(C)C)NCC1CCN(CCCN)CC1. The molecule has 4 saturated carbocycles. The summed E-state index contributed by atoms with van der Waals surface area (Å²) in [6.07, 6.45) is 24.8. The second kappa shape index (κ2) is 13.5. The van der Waals surface area contributed by atoms with Gasteiger partial charge in [0.25, 0.3) is 0 Å². The van der Waals surface area contributed by atoms with Gasteiger partial charge in [0.2, 0.25) is 0 Å². The molecule has 4 bridgehead atoms. The highest BCUT2D eigenvalue weighted by atomic mass is 15.1. The van der Waals surface area contributed by atoms with E-state index in [2.05, 4.69) is 37.9 Å². The first-order valence-corrected chi connectivity index (χ1v) is 17.9. The standard InChI is InChI=1S/C36H67N3/c1-35(2)30-16-14-28(24-30)33(35)12-7-5-10-32(38-26-27-18-22-39(23-19-27)21-9-20-37)11-6-8-13-34-29-15-17-31(25-29)36(34,3)4/h27-34,38H,5-26,37H2,1-4H3. The van der Waals surface area contributed by atoms with E-state index >= 15 is 0 Å². The smallest absolute Gasteiger partial charge is 0.00671 e. The highest BCUT2D eigenvalue weighted by molar-refractivity contribution is 5.02. The van der Waals surface area contributed by atoms with Crippen LogP contribution < -0.4 is 11.1 Å². The van der Waals surface area contributed by atoms with Gasteiger partial charge in [0.05, 0.1) is 0 Å². The molecule has 39 heavy (non-hydrogen) atoms. The van der Waals surface area contributed by atoms with Gasteiger partial charge in [0.15, 0.2) is 0 Å². The highest BCUT2D eigenvalue weighted by Crippen LogP contribution is 2.61. The molecule has 0 aromatic rings. The van der Waals surface area contributed by atoms with Crippen molar-refractivity contribution >= 4 is 0 Å². The number of likely N-dealkylation sites (tertiary alicyclic amines) is 1. The Bertz CT molecular complexity index is 692. The molecule has 0 amide bonds. The average molecular weight is 542 g/mol. The zero-order chi connectivity index (χ0) is 27.5. The quantitative estimate of drug-likeness (QED) is 0.193. The van der Waals surface area contributed by atoms with Crippen molar-refractivity contribution in [1.82, 2.24) is 10.2 Å². The Morgan fingerprint density at radius 1 is 0.718 bits per heavy atom. The van der Waals surface area contributed by atoms with Crippen LogP contribution in [0, 0.1) is 52.3 Å². The fourth-order valence-electron chi connectivity index (χ4n) is 11.1. The molecular weight excluding hydrogens is 474 g/mol. The van der Waals surface area contributed by atoms with E-state index in [1.165, 1.54) is 116 Å². The van der Waals surface area contributed by atoms with Gasteiger partial charge < -0.3 is 16.0 Å². The van der Waals surface area contributed by atoms with Crippen LogP contribution in [0.15, 0.2) is 0 Å². The molecule has 6 atom stereocenters. The number of rotatable bonds is 16. The molecule has 1 aliphatic heterocycles. The lowest BCUT2D eigenvalue weighted by molar-refractivity contribution is 0.110. The number of nitrogens with one attached hydrogen (secondary N) is 1. The van der Waals surface area contributed by atoms with Crippen LogP contribution in [0.3, 0.4) is 0 Å². The van der Waals surface area contributed by atoms with Gasteiger partial charge in [0, 0.05) is 6.04 Å². The average Bonchev–Trinajstić information content (AvgIpc) is 3.68. The number of piperidine rings is 1. The van der Waals surface area contributed by atoms with E-state index < -0.39 is 0 Å². The number of hydrogen-bond acceptors (Lipinski definition) is 3. The van der Waals surface area contributed by atoms with Gasteiger partial charge in [-0.25, -0.2) is 0 Å². The summed E-state index contributed by atoms with van der Waals surface area (Å²) in [7, 11) is 0. The first kappa shape index (κ1) is 30.3. The molecule has 3 N–H and O–H groups in total. The Morgan fingerprint density at radius 3 is 1.72 bits per heavy atom. The van der Waals surface area contributed by atoms with Gasteiger partial charge >= 0.3 is 0 Å². The fraction of sp³-hybridized carbons (Fsp3) is 1.00. The maximum Gasteiger partial charge on any atom is 0.00671 e. The Hall–Kier alpha value is -0.120. The Balaban J connectivity index is 1.04. The lowest BCUT2D eigenvalue weighted by atomic mass is 9.67. The van der Waals surface area contributed by atoms with Crippen molar-refractivity contribution in [3.05, 3.63) is 0 Å². The number of nitrogens with two attached hydrogens (primary N) is 1. The van der Waals surface area contributed by atoms with Crippen LogP contribution >= 0.6 is 0 Å². The van der Waals surface area contributed by atoms with Gasteiger partial charge in [0.1, 0.15) is 0 Å². The Labute approximate surface area is 243 Å². The number of fused-ring (bicyclic) bond motifs is 4. The van der Waals surface area contributed by atoms with E-state index in [9.17, 15) is 0 Å². The third-order valence-corrected chi connectivity index (χ3v) is 13.8. The van der Waals surface area contributed by atoms with E-state index in [1.807, 2.05) is 0 Å². The van der Waals surface area contributed by atoms with E-state index in [0.717, 1.165) is 60.4 Å². The minimum absolute atomic E-state index is 0.618. The van der Waals surface area contributed by atoms with E-state index in [0.29, 0.717) is 10.8 Å². The lowest BCUT2D eigenvalue weighted by Crippen LogP contribution is -2.40. The predicted octanol–water partition coefficient (Wildman–Crippen LogP) is 8.27. The maximum atomic E-state index is 5.75. The molecule has 226 valence electrons. The second-order valence-electron chi connectivity index (χ2n) is 16.5. The first-order chi connectivity index (χ1) is 18.8. The summed E-state index contributed by atoms with van der Waals surface area (Å²) < 4.78 is 0. The third kappa shape index (κ3) is 7.10. The molecule has 3 heteroatoms. The minimum Gasteiger partial charge on any atom is -0.330 e. The molecule has 0 aromatic heterocycles. The van der Waals surface area contributed by atoms with Crippen LogP contribution in [0.4, 0.5) is 0 Å². The van der Waals surface area contributed by atoms with E-state index in [-0.39, 0.29) is 0 Å².